The summed E-state index contributed by atoms with van der Waals surface area (Å²) < 4.78 is 1.92. The standard InChI is InChI=1S/C49H51ClN8O6S2/c1-24-27(4)66-48-40(24)41(53-37(21-39(60)61)44-56-55-28(5)58(44)48)31-13-11-30(12-14-31)33-17-18-35(36(50)19-33)45(62)54-43(49(6,7)8)47(64)57-22-34(59)20-38(57)46(63)52-25(2)29-9-15-32(16-10-29)42-26(3)51-23-65-42/h9-19,23,25,34,37-38,43,59H,20-22H2,1-8H3,(H,52,63)(H,54,62)(H,60,61)/t25-,34+,37-,38-,43+/m0/s1. The van der Waals surface area contributed by atoms with Crippen LogP contribution in [0.25, 0.3) is 26.6 Å². The number of nitrogens with zero attached hydrogens (tertiary/aromatic N) is 6. The minimum atomic E-state index is -1.06. The number of amides is 3. The molecule has 8 rings (SSSR count). The molecule has 3 aromatic heterocycles. The van der Waals surface area contributed by atoms with Crippen molar-refractivity contribution in [3.63, 3.8) is 0 Å². The molecule has 14 nitrogen and oxygen atoms in total. The first-order valence-corrected chi connectivity index (χ1v) is 23.7. The van der Waals surface area contributed by atoms with Crippen LogP contribution < -0.4 is 10.6 Å². The number of carboxylic acids is 1. The van der Waals surface area contributed by atoms with Gasteiger partial charge in [-0.05, 0) is 80.0 Å². The van der Waals surface area contributed by atoms with Crippen LogP contribution in [-0.4, -0.2) is 89.0 Å². The van der Waals surface area contributed by atoms with Crippen LogP contribution in [0.4, 0.5) is 0 Å². The van der Waals surface area contributed by atoms with E-state index in [0.717, 1.165) is 59.4 Å². The third-order valence-electron chi connectivity index (χ3n) is 12.3. The van der Waals surface area contributed by atoms with Gasteiger partial charge in [-0.3, -0.25) is 28.7 Å². The molecule has 5 heterocycles. The van der Waals surface area contributed by atoms with Crippen LogP contribution >= 0.6 is 34.3 Å². The number of carbonyl (C=O) groups excluding carboxylic acids is 3. The Hall–Kier alpha value is -6.07. The number of fused-ring (bicyclic) bond motifs is 3. The number of rotatable bonds is 11. The lowest BCUT2D eigenvalue weighted by Gasteiger charge is -2.35. The fraction of sp³-hybridized carbons (Fsp3) is 0.347. The van der Waals surface area contributed by atoms with Crippen molar-refractivity contribution >= 4 is 63.7 Å². The van der Waals surface area contributed by atoms with E-state index in [-0.39, 0.29) is 36.0 Å². The van der Waals surface area contributed by atoms with E-state index in [9.17, 15) is 29.4 Å². The quantitative estimate of drug-likeness (QED) is 0.0989. The van der Waals surface area contributed by atoms with Crippen LogP contribution in [0.3, 0.4) is 0 Å². The number of β-amino-alcohol motifs (C(OH)–C–C–N with tert-alkyl or cyclic N) is 1. The van der Waals surface area contributed by atoms with Crippen molar-refractivity contribution in [2.75, 3.05) is 6.54 Å². The summed E-state index contributed by atoms with van der Waals surface area (Å²) in [6.45, 7) is 15.2. The van der Waals surface area contributed by atoms with Gasteiger partial charge in [-0.15, -0.1) is 32.9 Å². The normalized spacial score (nSPS) is 17.9. The van der Waals surface area contributed by atoms with Crippen molar-refractivity contribution in [1.29, 1.82) is 0 Å². The highest BCUT2D eigenvalue weighted by molar-refractivity contribution is 7.15. The largest absolute Gasteiger partial charge is 0.481 e. The number of thiazole rings is 1. The van der Waals surface area contributed by atoms with Crippen molar-refractivity contribution in [1.82, 2.24) is 35.3 Å². The Morgan fingerprint density at radius 1 is 0.909 bits per heavy atom. The number of aliphatic carboxylic acids is 1. The summed E-state index contributed by atoms with van der Waals surface area (Å²) in [5.41, 5.74) is 9.01. The number of aliphatic hydroxyl groups excluding tert-OH is 1. The molecule has 17 heteroatoms. The number of hydrogen-bond acceptors (Lipinski definition) is 11. The third kappa shape index (κ3) is 9.06. The number of thiophene rings is 1. The maximum atomic E-state index is 14.4. The van der Waals surface area contributed by atoms with Gasteiger partial charge in [-0.25, -0.2) is 4.98 Å². The molecule has 2 aliphatic heterocycles. The molecule has 2 aliphatic rings. The summed E-state index contributed by atoms with van der Waals surface area (Å²) >= 11 is 9.99. The number of hydrogen-bond donors (Lipinski definition) is 4. The number of aliphatic imine (C=N–C) groups is 1. The first kappa shape index (κ1) is 46.5. The molecule has 5 atom stereocenters. The number of carboxylic acid groups (broad SMARTS) is 1. The number of benzene rings is 3. The van der Waals surface area contributed by atoms with Crippen LogP contribution in [0.5, 0.6) is 0 Å². The summed E-state index contributed by atoms with van der Waals surface area (Å²) in [5, 5.41) is 36.2. The first-order valence-electron chi connectivity index (χ1n) is 21.6. The SMILES string of the molecule is Cc1ncsc1-c1ccc([C@H](C)NC(=O)[C@@H]2C[C@@H](O)CN2C(=O)[C@@H](NC(=O)c2ccc(-c3ccc(C4=N[C@@H](CC(=O)O)c5nnc(C)n5-c5sc(C)c(C)c54)cc3)cc2Cl)C(C)(C)C)cc1. The second kappa shape index (κ2) is 18.3. The smallest absolute Gasteiger partial charge is 0.306 e. The number of aromatic nitrogens is 4. The van der Waals surface area contributed by atoms with E-state index < -0.39 is 53.3 Å². The number of carbonyl (C=O) groups is 4. The zero-order chi connectivity index (χ0) is 47.4. The van der Waals surface area contributed by atoms with Gasteiger partial charge in [0.2, 0.25) is 11.8 Å². The predicted octanol–water partition coefficient (Wildman–Crippen LogP) is 8.36. The van der Waals surface area contributed by atoms with Gasteiger partial charge in [-0.1, -0.05) is 87.0 Å². The molecule has 0 radical (unpaired) electrons. The fourth-order valence-corrected chi connectivity index (χ4v) is 10.9. The molecule has 3 aromatic carbocycles. The van der Waals surface area contributed by atoms with Crippen LogP contribution in [0, 0.1) is 33.1 Å². The van der Waals surface area contributed by atoms with Crippen LogP contribution in [0.1, 0.15) is 107 Å². The van der Waals surface area contributed by atoms with Gasteiger partial charge in [0, 0.05) is 29.0 Å². The van der Waals surface area contributed by atoms with E-state index in [1.807, 2.05) is 114 Å². The van der Waals surface area contributed by atoms with Crippen molar-refractivity contribution < 1.29 is 29.4 Å². The monoisotopic (exact) mass is 946 g/mol. The molecule has 0 saturated carbocycles. The number of aliphatic hydroxyl groups is 1. The third-order valence-corrected chi connectivity index (χ3v) is 14.8. The summed E-state index contributed by atoms with van der Waals surface area (Å²) in [7, 11) is 0. The van der Waals surface area contributed by atoms with Crippen LogP contribution in [-0.2, 0) is 14.4 Å². The van der Waals surface area contributed by atoms with E-state index in [0.29, 0.717) is 17.4 Å². The molecule has 4 N–H and O–H groups in total. The molecule has 1 saturated heterocycles. The maximum absolute atomic E-state index is 14.4. The number of nitrogens with one attached hydrogen (secondary N) is 2. The lowest BCUT2D eigenvalue weighted by Crippen LogP contribution is -2.57. The lowest BCUT2D eigenvalue weighted by molar-refractivity contribution is -0.142. The molecule has 3 amide bonds. The van der Waals surface area contributed by atoms with Gasteiger partial charge in [0.15, 0.2) is 5.82 Å². The summed E-state index contributed by atoms with van der Waals surface area (Å²) in [5.74, 6) is -1.31. The molecule has 0 bridgehead atoms. The molecule has 66 heavy (non-hydrogen) atoms. The van der Waals surface area contributed by atoms with E-state index in [2.05, 4.69) is 25.8 Å². The number of aryl methyl sites for hydroxylation is 3. The Bertz CT molecular complexity index is 2900. The minimum Gasteiger partial charge on any atom is -0.481 e. The zero-order valence-electron chi connectivity index (χ0n) is 37.8. The maximum Gasteiger partial charge on any atom is 0.306 e. The summed E-state index contributed by atoms with van der Waals surface area (Å²) in [4.78, 5) is 67.1. The number of likely N-dealkylation sites (tertiary alicyclic amines) is 1. The molecule has 0 aliphatic carbocycles. The lowest BCUT2D eigenvalue weighted by atomic mass is 9.85. The van der Waals surface area contributed by atoms with Gasteiger partial charge in [0.05, 0.1) is 50.9 Å². The summed E-state index contributed by atoms with van der Waals surface area (Å²) in [6, 6.07) is 17.6. The van der Waals surface area contributed by atoms with Gasteiger partial charge in [-0.2, -0.15) is 0 Å². The van der Waals surface area contributed by atoms with Gasteiger partial charge >= 0.3 is 5.97 Å². The van der Waals surface area contributed by atoms with E-state index >= 15 is 0 Å². The Labute approximate surface area is 395 Å². The highest BCUT2D eigenvalue weighted by atomic mass is 35.5. The Morgan fingerprint density at radius 2 is 1.58 bits per heavy atom. The molecular weight excluding hydrogens is 896 g/mol. The second-order valence-corrected chi connectivity index (χ2v) is 20.5. The molecule has 0 unspecified atom stereocenters. The van der Waals surface area contributed by atoms with Crippen LogP contribution in [0.15, 0.2) is 77.2 Å². The average molecular weight is 948 g/mol. The molecular formula is C49H51ClN8O6S2. The topological polar surface area (TPSA) is 192 Å². The Kier molecular flexibility index (Phi) is 12.9. The highest BCUT2D eigenvalue weighted by Gasteiger charge is 2.45. The van der Waals surface area contributed by atoms with Crippen LogP contribution in [0.2, 0.25) is 5.02 Å². The fourth-order valence-electron chi connectivity index (χ4n) is 8.61. The van der Waals surface area contributed by atoms with E-state index in [4.69, 9.17) is 16.6 Å². The Balaban J connectivity index is 0.980. The highest BCUT2D eigenvalue weighted by Crippen LogP contribution is 2.40. The van der Waals surface area contributed by atoms with Gasteiger partial charge in [0.1, 0.15) is 29.0 Å². The van der Waals surface area contributed by atoms with Crippen molar-refractivity contribution in [2.45, 2.75) is 98.5 Å². The van der Waals surface area contributed by atoms with Gasteiger partial charge < -0.3 is 25.7 Å². The predicted molar refractivity (Wildman–Crippen MR) is 257 cm³/mol. The minimum absolute atomic E-state index is 0.0585. The van der Waals surface area contributed by atoms with E-state index in [1.165, 1.54) is 4.90 Å². The zero-order valence-corrected chi connectivity index (χ0v) is 40.2. The van der Waals surface area contributed by atoms with Crippen molar-refractivity contribution in [3.05, 3.63) is 127 Å². The van der Waals surface area contributed by atoms with Crippen molar-refractivity contribution in [3.8, 4) is 26.6 Å². The second-order valence-electron chi connectivity index (χ2n) is 18.1. The van der Waals surface area contributed by atoms with Gasteiger partial charge in [0.25, 0.3) is 5.91 Å². The summed E-state index contributed by atoms with van der Waals surface area (Å²) in [6.07, 6.45) is -1.11. The average Bonchev–Trinajstić information content (AvgIpc) is 4.04. The van der Waals surface area contributed by atoms with Crippen molar-refractivity contribution in [2.24, 2.45) is 10.4 Å². The molecule has 6 aromatic rings. The van der Waals surface area contributed by atoms with E-state index in [1.54, 1.807) is 40.9 Å². The Morgan fingerprint density at radius 3 is 2.21 bits per heavy atom. The first-order chi connectivity index (χ1) is 31.3. The molecule has 342 valence electrons. The molecule has 1 fully saturated rings. The molecule has 0 spiro atoms. The number of halogens is 1.